The molecule has 2 unspecified atom stereocenters. The number of pyridine rings is 2. The van der Waals surface area contributed by atoms with Gasteiger partial charge in [-0.1, -0.05) is 18.2 Å². The van der Waals surface area contributed by atoms with Crippen molar-refractivity contribution < 1.29 is 23.7 Å². The summed E-state index contributed by atoms with van der Waals surface area (Å²) in [6.45, 7) is 0.408. The minimum Gasteiger partial charge on any atom is -0.496 e. The van der Waals surface area contributed by atoms with Gasteiger partial charge in [0.15, 0.2) is 11.5 Å². The molecule has 2 aromatic heterocycles. The smallest absolute Gasteiger partial charge is 0.277 e. The van der Waals surface area contributed by atoms with E-state index in [0.717, 1.165) is 5.56 Å². The highest BCUT2D eigenvalue weighted by Crippen LogP contribution is 2.43. The van der Waals surface area contributed by atoms with E-state index in [2.05, 4.69) is 9.97 Å². The number of hydrogen-bond acceptors (Lipinski definition) is 8. The number of nitrogens with zero attached hydrogens (tertiary/aromatic N) is 3. The Hall–Kier alpha value is -4.27. The van der Waals surface area contributed by atoms with E-state index in [0.29, 0.717) is 47.6 Å². The Balaban J connectivity index is 1.39. The van der Waals surface area contributed by atoms with Gasteiger partial charge in [0.05, 0.1) is 32.4 Å². The molecule has 9 heteroatoms. The van der Waals surface area contributed by atoms with Gasteiger partial charge < -0.3 is 29.6 Å². The van der Waals surface area contributed by atoms with E-state index in [1.54, 1.807) is 36.5 Å². The first-order valence-electron chi connectivity index (χ1n) is 10.8. The molecule has 0 spiro atoms. The number of carbonyl (C=O) groups is 1. The highest BCUT2D eigenvalue weighted by molar-refractivity contribution is 5.94. The molecule has 1 aromatic carbocycles. The number of amides is 1. The Morgan fingerprint density at radius 2 is 1.85 bits per heavy atom. The van der Waals surface area contributed by atoms with Crippen LogP contribution in [0, 0.1) is 0 Å². The molecule has 6 rings (SSSR count). The highest BCUT2D eigenvalue weighted by Gasteiger charge is 2.41. The monoisotopic (exact) mass is 460 g/mol. The van der Waals surface area contributed by atoms with Crippen molar-refractivity contribution in [1.82, 2.24) is 14.9 Å². The second-order valence-electron chi connectivity index (χ2n) is 7.98. The quantitative estimate of drug-likeness (QED) is 0.593. The van der Waals surface area contributed by atoms with E-state index >= 15 is 0 Å². The summed E-state index contributed by atoms with van der Waals surface area (Å²) in [6, 6.07) is 12.4. The first-order valence-corrected chi connectivity index (χ1v) is 10.8. The number of para-hydroxylation sites is 1. The molecule has 34 heavy (non-hydrogen) atoms. The summed E-state index contributed by atoms with van der Waals surface area (Å²) >= 11 is 0. The first-order chi connectivity index (χ1) is 16.6. The minimum absolute atomic E-state index is 0.0741. The number of aromatic nitrogens is 2. The Kier molecular flexibility index (Phi) is 5.67. The van der Waals surface area contributed by atoms with E-state index in [1.165, 1.54) is 13.3 Å². The van der Waals surface area contributed by atoms with Crippen molar-refractivity contribution in [2.24, 2.45) is 0 Å². The number of ether oxygens (including phenoxy) is 4. The molecule has 3 aromatic rings. The molecule has 3 aliphatic heterocycles. The Bertz CT molecular complexity index is 1250. The van der Waals surface area contributed by atoms with Crippen molar-refractivity contribution in [2.45, 2.75) is 18.4 Å². The van der Waals surface area contributed by atoms with Gasteiger partial charge in [-0.25, -0.2) is 9.97 Å². The van der Waals surface area contributed by atoms with Gasteiger partial charge in [-0.05, 0) is 18.6 Å². The van der Waals surface area contributed by atoms with Gasteiger partial charge in [0.1, 0.15) is 35.4 Å². The van der Waals surface area contributed by atoms with Crippen LogP contribution in [0.3, 0.4) is 0 Å². The molecule has 2 bridgehead atoms. The molecule has 1 saturated heterocycles. The highest BCUT2D eigenvalue weighted by atomic mass is 16.5. The third-order valence-corrected chi connectivity index (χ3v) is 5.94. The third kappa shape index (κ3) is 3.96. The van der Waals surface area contributed by atoms with Gasteiger partial charge in [-0.2, -0.15) is 0 Å². The van der Waals surface area contributed by atoms with Gasteiger partial charge in [0.25, 0.3) is 5.91 Å². The summed E-state index contributed by atoms with van der Waals surface area (Å²) in [4.78, 5) is 23.6. The van der Waals surface area contributed by atoms with Crippen LogP contribution in [-0.2, 0) is 4.74 Å². The molecule has 2 atom stereocenters. The number of nitrogen functional groups attached to an aromatic ring is 1. The summed E-state index contributed by atoms with van der Waals surface area (Å²) in [5.74, 6) is 2.89. The van der Waals surface area contributed by atoms with E-state index < -0.39 is 0 Å². The Morgan fingerprint density at radius 3 is 2.56 bits per heavy atom. The molecular weight excluding hydrogens is 436 g/mol. The summed E-state index contributed by atoms with van der Waals surface area (Å²) < 4.78 is 22.7. The molecular formula is C25H24N4O5. The molecule has 9 nitrogen and oxygen atoms in total. The normalized spacial score (nSPS) is 18.6. The van der Waals surface area contributed by atoms with Crippen LogP contribution in [0.15, 0.2) is 66.8 Å². The number of anilines is 1. The van der Waals surface area contributed by atoms with Crippen molar-refractivity contribution in [3.8, 4) is 23.0 Å². The zero-order valence-corrected chi connectivity index (χ0v) is 18.8. The molecule has 0 saturated carbocycles. The number of carbonyl (C=O) groups excluding carboxylic acids is 1. The van der Waals surface area contributed by atoms with Crippen LogP contribution in [0.25, 0.3) is 0 Å². The SMILES string of the molecule is COc1cc(C(=O)N2C=C3OCC2CC3c2cnc(N)cc2OC)ncc1Oc1ccccc1. The fourth-order valence-corrected chi connectivity index (χ4v) is 4.24. The largest absolute Gasteiger partial charge is 0.496 e. The van der Waals surface area contributed by atoms with Gasteiger partial charge >= 0.3 is 0 Å². The van der Waals surface area contributed by atoms with Crippen molar-refractivity contribution in [3.05, 3.63) is 78.1 Å². The van der Waals surface area contributed by atoms with Crippen molar-refractivity contribution in [3.63, 3.8) is 0 Å². The number of fused-ring (bicyclic) bond motifs is 3. The second kappa shape index (κ2) is 8.93. The van der Waals surface area contributed by atoms with Crippen LogP contribution in [0.2, 0.25) is 0 Å². The summed E-state index contributed by atoms with van der Waals surface area (Å²) in [7, 11) is 3.12. The minimum atomic E-state index is -0.240. The zero-order valence-electron chi connectivity index (χ0n) is 18.8. The Morgan fingerprint density at radius 1 is 1.06 bits per heavy atom. The van der Waals surface area contributed by atoms with Crippen LogP contribution in [0.1, 0.15) is 28.4 Å². The molecule has 1 amide bonds. The third-order valence-electron chi connectivity index (χ3n) is 5.94. The first kappa shape index (κ1) is 21.6. The molecule has 3 aliphatic rings. The van der Waals surface area contributed by atoms with Crippen LogP contribution >= 0.6 is 0 Å². The number of nitrogens with two attached hydrogens (primary N) is 1. The van der Waals surface area contributed by atoms with Crippen molar-refractivity contribution >= 4 is 11.7 Å². The lowest BCUT2D eigenvalue weighted by Gasteiger charge is -2.43. The second-order valence-corrected chi connectivity index (χ2v) is 7.98. The standard InChI is InChI=1S/C25H24N4O5/c1-31-20-10-24(26)28-11-18(20)17-8-15-14-33-23(17)13-29(15)25(30)19-9-21(32-2)22(12-27-19)34-16-6-4-3-5-7-16/h3-7,9-13,15,17H,8,14H2,1-2H3,(H2,26,28). The summed E-state index contributed by atoms with van der Waals surface area (Å²) in [5, 5.41) is 0. The maximum Gasteiger partial charge on any atom is 0.277 e. The van der Waals surface area contributed by atoms with Crippen LogP contribution < -0.4 is 19.9 Å². The fraction of sp³-hybridized carbons (Fsp3) is 0.240. The van der Waals surface area contributed by atoms with Crippen LogP contribution in [0.4, 0.5) is 5.82 Å². The average molecular weight is 460 g/mol. The number of hydrogen-bond donors (Lipinski definition) is 1. The zero-order chi connectivity index (χ0) is 23.7. The van der Waals surface area contributed by atoms with Gasteiger partial charge in [-0.15, -0.1) is 0 Å². The van der Waals surface area contributed by atoms with E-state index in [4.69, 9.17) is 24.7 Å². The van der Waals surface area contributed by atoms with Crippen LogP contribution in [0.5, 0.6) is 23.0 Å². The van der Waals surface area contributed by atoms with Gasteiger partial charge in [0, 0.05) is 30.1 Å². The molecule has 174 valence electrons. The van der Waals surface area contributed by atoms with Crippen molar-refractivity contribution in [1.29, 1.82) is 0 Å². The molecule has 0 radical (unpaired) electrons. The predicted molar refractivity (Wildman–Crippen MR) is 124 cm³/mol. The maximum atomic E-state index is 13.4. The number of rotatable bonds is 6. The number of allylic oxidation sites excluding steroid dienone is 1. The maximum absolute atomic E-state index is 13.4. The lowest BCUT2D eigenvalue weighted by Crippen LogP contribution is -2.48. The lowest BCUT2D eigenvalue weighted by molar-refractivity contribution is 0.0277. The number of methoxy groups -OCH3 is 2. The lowest BCUT2D eigenvalue weighted by atomic mass is 9.85. The summed E-state index contributed by atoms with van der Waals surface area (Å²) in [6.07, 6.45) is 5.61. The van der Waals surface area contributed by atoms with Crippen molar-refractivity contribution in [2.75, 3.05) is 26.6 Å². The molecule has 2 N–H and O–H groups in total. The Labute approximate surface area is 196 Å². The van der Waals surface area contributed by atoms with Gasteiger partial charge in [-0.3, -0.25) is 4.79 Å². The fourth-order valence-electron chi connectivity index (χ4n) is 4.24. The average Bonchev–Trinajstić information content (AvgIpc) is 2.89. The molecule has 5 heterocycles. The number of benzene rings is 1. The molecule has 1 fully saturated rings. The topological polar surface area (TPSA) is 109 Å². The summed E-state index contributed by atoms with van der Waals surface area (Å²) in [5.41, 5.74) is 6.93. The predicted octanol–water partition coefficient (Wildman–Crippen LogP) is 3.74. The van der Waals surface area contributed by atoms with E-state index in [-0.39, 0.29) is 23.6 Å². The molecule has 0 aliphatic carbocycles. The van der Waals surface area contributed by atoms with Gasteiger partial charge in [0.2, 0.25) is 0 Å². The van der Waals surface area contributed by atoms with Crippen LogP contribution in [-0.4, -0.2) is 47.6 Å². The van der Waals surface area contributed by atoms with E-state index in [9.17, 15) is 4.79 Å². The van der Waals surface area contributed by atoms with E-state index in [1.807, 2.05) is 30.3 Å².